The molecule has 0 fully saturated rings. The van der Waals surface area contributed by atoms with Gasteiger partial charge in [-0.1, -0.05) is 6.92 Å². The average Bonchev–Trinajstić information content (AvgIpc) is 2.01. The van der Waals surface area contributed by atoms with E-state index in [1.807, 2.05) is 0 Å². The van der Waals surface area contributed by atoms with Crippen LogP contribution in [0.15, 0.2) is 0 Å². The Morgan fingerprint density at radius 3 is 2.36 bits per heavy atom. The summed E-state index contributed by atoms with van der Waals surface area (Å²) in [6, 6.07) is 0. The SMILES string of the molecule is CC(CO)C(N)(P=O)C(=O)O. The van der Waals surface area contributed by atoms with E-state index in [1.54, 1.807) is 0 Å². The van der Waals surface area contributed by atoms with Crippen molar-refractivity contribution in [2.24, 2.45) is 11.7 Å². The van der Waals surface area contributed by atoms with E-state index in [0.717, 1.165) is 0 Å². The Morgan fingerprint density at radius 1 is 1.82 bits per heavy atom. The third kappa shape index (κ3) is 1.96. The highest BCUT2D eigenvalue weighted by Crippen LogP contribution is 2.25. The Kier molecular flexibility index (Phi) is 3.58. The molecule has 5 nitrogen and oxygen atoms in total. The molecule has 0 aliphatic rings. The molecule has 4 N–H and O–H groups in total. The fraction of sp³-hybridized carbons (Fsp3) is 0.800. The Bertz CT molecular complexity index is 174. The minimum absolute atomic E-state index is 0.405. The molecular formula is C5H10NO4P. The molecule has 0 saturated carbocycles. The van der Waals surface area contributed by atoms with Crippen LogP contribution in [0.5, 0.6) is 0 Å². The molecule has 0 aromatic rings. The molecule has 0 aromatic carbocycles. The molecule has 0 amide bonds. The highest BCUT2D eigenvalue weighted by Gasteiger charge is 2.40. The number of hydrogen-bond donors (Lipinski definition) is 3. The smallest absolute Gasteiger partial charge is 0.336 e. The first-order chi connectivity index (χ1) is 4.99. The van der Waals surface area contributed by atoms with Crippen LogP contribution < -0.4 is 5.73 Å². The lowest BCUT2D eigenvalue weighted by atomic mass is 10.0. The topological polar surface area (TPSA) is 101 Å². The van der Waals surface area contributed by atoms with Gasteiger partial charge in [0.25, 0.3) is 0 Å². The number of rotatable bonds is 4. The van der Waals surface area contributed by atoms with Crippen LogP contribution in [0.3, 0.4) is 0 Å². The first kappa shape index (κ1) is 10.5. The zero-order chi connectivity index (χ0) is 9.07. The molecule has 0 aromatic heterocycles. The molecule has 2 atom stereocenters. The van der Waals surface area contributed by atoms with Crippen molar-refractivity contribution < 1.29 is 19.6 Å². The fourth-order valence-corrected chi connectivity index (χ4v) is 0.819. The van der Waals surface area contributed by atoms with Gasteiger partial charge in [0.1, 0.15) is 0 Å². The molecule has 0 spiro atoms. The molecule has 0 bridgehead atoms. The minimum atomic E-state index is -1.87. The standard InChI is InChI=1S/C5H10NO4P/c1-3(2-7)5(6,11-10)4(8)9/h3,7H,2,6H2,1H3,(H,8,9). The van der Waals surface area contributed by atoms with Gasteiger partial charge >= 0.3 is 5.97 Å². The van der Waals surface area contributed by atoms with E-state index in [1.165, 1.54) is 6.92 Å². The van der Waals surface area contributed by atoms with Gasteiger partial charge in [-0.05, 0) is 0 Å². The van der Waals surface area contributed by atoms with Gasteiger partial charge in [0.15, 0.2) is 13.7 Å². The van der Waals surface area contributed by atoms with Gasteiger partial charge in [-0.2, -0.15) is 0 Å². The van der Waals surface area contributed by atoms with Gasteiger partial charge in [0.05, 0.1) is 0 Å². The van der Waals surface area contributed by atoms with Crippen molar-refractivity contribution >= 4 is 14.4 Å². The number of hydrogen-bond acceptors (Lipinski definition) is 4. The van der Waals surface area contributed by atoms with Gasteiger partial charge in [0, 0.05) is 12.5 Å². The molecule has 0 rings (SSSR count). The zero-order valence-corrected chi connectivity index (χ0v) is 6.91. The molecule has 0 radical (unpaired) electrons. The van der Waals surface area contributed by atoms with E-state index >= 15 is 0 Å². The van der Waals surface area contributed by atoms with Crippen LogP contribution in [-0.4, -0.2) is 28.1 Å². The number of aliphatic hydroxyl groups is 1. The number of carboxylic acid groups (broad SMARTS) is 1. The minimum Gasteiger partial charge on any atom is -0.479 e. The van der Waals surface area contributed by atoms with Crippen LogP contribution in [0.25, 0.3) is 0 Å². The third-order valence-electron chi connectivity index (χ3n) is 1.52. The summed E-state index contributed by atoms with van der Waals surface area (Å²) in [5.74, 6) is -2.12. The van der Waals surface area contributed by atoms with E-state index < -0.39 is 32.2 Å². The van der Waals surface area contributed by atoms with Crippen molar-refractivity contribution in [2.75, 3.05) is 6.61 Å². The predicted molar refractivity (Wildman–Crippen MR) is 38.4 cm³/mol. The van der Waals surface area contributed by atoms with Gasteiger partial charge in [-0.25, -0.2) is 4.79 Å². The van der Waals surface area contributed by atoms with Crippen LogP contribution in [0.2, 0.25) is 0 Å². The monoisotopic (exact) mass is 179 g/mol. The van der Waals surface area contributed by atoms with Crippen molar-refractivity contribution in [3.05, 3.63) is 0 Å². The number of aliphatic carboxylic acids is 1. The third-order valence-corrected chi connectivity index (χ3v) is 2.45. The van der Waals surface area contributed by atoms with Crippen LogP contribution in [0, 0.1) is 5.92 Å². The first-order valence-electron chi connectivity index (χ1n) is 2.96. The molecule has 2 unspecified atom stereocenters. The van der Waals surface area contributed by atoms with Crippen LogP contribution in [-0.2, 0) is 9.36 Å². The van der Waals surface area contributed by atoms with E-state index in [4.69, 9.17) is 15.9 Å². The van der Waals surface area contributed by atoms with Gasteiger partial charge in [-0.3, -0.25) is 4.57 Å². The van der Waals surface area contributed by atoms with E-state index in [9.17, 15) is 9.36 Å². The Labute approximate surface area is 65.4 Å². The quantitative estimate of drug-likeness (QED) is 0.512. The van der Waals surface area contributed by atoms with Gasteiger partial charge in [0.2, 0.25) is 0 Å². The predicted octanol–water partition coefficient (Wildman–Crippen LogP) is -0.354. The van der Waals surface area contributed by atoms with Gasteiger partial charge in [-0.15, -0.1) is 0 Å². The Morgan fingerprint density at radius 2 is 2.27 bits per heavy atom. The molecule has 64 valence electrons. The molecule has 0 aliphatic carbocycles. The van der Waals surface area contributed by atoms with E-state index in [0.29, 0.717) is 0 Å². The molecule has 6 heteroatoms. The maximum Gasteiger partial charge on any atom is 0.336 e. The summed E-state index contributed by atoms with van der Waals surface area (Å²) in [6.45, 7) is 1.01. The van der Waals surface area contributed by atoms with Gasteiger partial charge < -0.3 is 15.9 Å². The summed E-state index contributed by atoms with van der Waals surface area (Å²) < 4.78 is 10.3. The first-order valence-corrected chi connectivity index (χ1v) is 3.78. The van der Waals surface area contributed by atoms with Crippen molar-refractivity contribution in [1.29, 1.82) is 0 Å². The van der Waals surface area contributed by atoms with Crippen molar-refractivity contribution in [1.82, 2.24) is 0 Å². The molecule has 0 saturated heterocycles. The lowest BCUT2D eigenvalue weighted by molar-refractivity contribution is -0.141. The second-order valence-electron chi connectivity index (χ2n) is 2.31. The fourth-order valence-electron chi connectivity index (χ4n) is 0.479. The summed E-state index contributed by atoms with van der Waals surface area (Å²) in [5, 5.41) is 15.2. The maximum atomic E-state index is 10.4. The van der Waals surface area contributed by atoms with E-state index in [2.05, 4.69) is 0 Å². The van der Waals surface area contributed by atoms with Crippen molar-refractivity contribution in [2.45, 2.75) is 12.2 Å². The summed E-state index contributed by atoms with van der Waals surface area (Å²) in [7, 11) is -0.691. The zero-order valence-electron chi connectivity index (χ0n) is 6.02. The molecule has 11 heavy (non-hydrogen) atoms. The van der Waals surface area contributed by atoms with Crippen molar-refractivity contribution in [3.63, 3.8) is 0 Å². The highest BCUT2D eigenvalue weighted by molar-refractivity contribution is 7.27. The number of nitrogens with two attached hydrogens (primary N) is 1. The lowest BCUT2D eigenvalue weighted by Gasteiger charge is -2.21. The summed E-state index contributed by atoms with van der Waals surface area (Å²) >= 11 is 0. The second kappa shape index (κ2) is 3.76. The highest BCUT2D eigenvalue weighted by atomic mass is 31.1. The largest absolute Gasteiger partial charge is 0.479 e. The Hall–Kier alpha value is -0.510. The maximum absolute atomic E-state index is 10.4. The lowest BCUT2D eigenvalue weighted by Crippen LogP contribution is -2.49. The summed E-state index contributed by atoms with van der Waals surface area (Å²) in [4.78, 5) is 10.4. The molecule has 0 heterocycles. The van der Waals surface area contributed by atoms with Crippen LogP contribution in [0.1, 0.15) is 6.92 Å². The second-order valence-corrected chi connectivity index (χ2v) is 3.23. The number of aliphatic hydroxyl groups excluding tert-OH is 1. The average molecular weight is 179 g/mol. The Balaban J connectivity index is 4.58. The summed E-state index contributed by atoms with van der Waals surface area (Å²) in [5.41, 5.74) is 5.21. The molecule has 0 aliphatic heterocycles. The van der Waals surface area contributed by atoms with Crippen LogP contribution in [0.4, 0.5) is 0 Å². The number of carbonyl (C=O) groups is 1. The van der Waals surface area contributed by atoms with Crippen molar-refractivity contribution in [3.8, 4) is 0 Å². The summed E-state index contributed by atoms with van der Waals surface area (Å²) in [6.07, 6.45) is 0. The van der Waals surface area contributed by atoms with E-state index in [-0.39, 0.29) is 0 Å². The normalized spacial score (nSPS) is 19.2. The number of carboxylic acids is 1. The van der Waals surface area contributed by atoms with Crippen LogP contribution >= 0.6 is 8.46 Å². The molecular weight excluding hydrogens is 169 g/mol.